The van der Waals surface area contributed by atoms with Crippen molar-refractivity contribution in [2.24, 2.45) is 4.99 Å². The number of carbonyl (C=O) groups excluding carboxylic acids is 2. The number of aliphatic imine (C=N–C) groups is 1. The molecule has 32 heavy (non-hydrogen) atoms. The van der Waals surface area contributed by atoms with E-state index < -0.39 is 0 Å². The normalized spacial score (nSPS) is 18.9. The first-order chi connectivity index (χ1) is 15.0. The highest BCUT2D eigenvalue weighted by Gasteiger charge is 2.30. The van der Waals surface area contributed by atoms with Crippen LogP contribution in [0.5, 0.6) is 0 Å². The van der Waals surface area contributed by atoms with Gasteiger partial charge >= 0.3 is 6.03 Å². The Balaban J connectivity index is 0.00000363. The smallest absolute Gasteiger partial charge is 0.319 e. The number of hydrogen-bond donors (Lipinski definition) is 3. The van der Waals surface area contributed by atoms with Crippen molar-refractivity contribution >= 4 is 47.6 Å². The zero-order valence-corrected chi connectivity index (χ0v) is 21.4. The van der Waals surface area contributed by atoms with Crippen LogP contribution in [0, 0.1) is 0 Å². The molecule has 1 atom stereocenters. The average molecular weight is 558 g/mol. The molecule has 1 unspecified atom stereocenters. The largest absolute Gasteiger partial charge is 0.368 e. The fourth-order valence-electron chi connectivity index (χ4n) is 3.76. The number of rotatable bonds is 5. The lowest BCUT2D eigenvalue weighted by Gasteiger charge is -2.37. The summed E-state index contributed by atoms with van der Waals surface area (Å²) in [6.07, 6.45) is 1.55. The lowest BCUT2D eigenvalue weighted by molar-refractivity contribution is -0.142. The molecule has 2 fully saturated rings. The lowest BCUT2D eigenvalue weighted by atomic mass is 10.2. The molecule has 178 valence electrons. The van der Waals surface area contributed by atoms with Crippen LogP contribution in [-0.2, 0) is 16.1 Å². The van der Waals surface area contributed by atoms with Crippen molar-refractivity contribution in [3.8, 4) is 0 Å². The Hall–Kier alpha value is -2.08. The van der Waals surface area contributed by atoms with Crippen molar-refractivity contribution in [1.29, 1.82) is 0 Å². The van der Waals surface area contributed by atoms with Crippen molar-refractivity contribution in [2.75, 3.05) is 45.2 Å². The number of carbonyl (C=O) groups is 2. The third kappa shape index (κ3) is 7.51. The first kappa shape index (κ1) is 26.2. The van der Waals surface area contributed by atoms with Gasteiger partial charge in [0, 0.05) is 58.1 Å². The monoisotopic (exact) mass is 558 g/mol. The van der Waals surface area contributed by atoms with Crippen LogP contribution in [0.3, 0.4) is 0 Å². The number of piperazine rings is 1. The molecule has 9 nitrogen and oxygen atoms in total. The summed E-state index contributed by atoms with van der Waals surface area (Å²) in [6, 6.07) is 7.60. The molecule has 0 aromatic heterocycles. The van der Waals surface area contributed by atoms with Crippen LogP contribution >= 0.6 is 24.0 Å². The third-order valence-electron chi connectivity index (χ3n) is 5.39. The molecule has 0 spiro atoms. The molecule has 1 aromatic rings. The summed E-state index contributed by atoms with van der Waals surface area (Å²) in [5.74, 6) is 0.943. The van der Waals surface area contributed by atoms with E-state index in [0.29, 0.717) is 26.2 Å². The van der Waals surface area contributed by atoms with Crippen LogP contribution in [0.1, 0.15) is 32.3 Å². The van der Waals surface area contributed by atoms with E-state index in [2.05, 4.69) is 25.8 Å². The maximum absolute atomic E-state index is 12.5. The number of amides is 3. The van der Waals surface area contributed by atoms with Gasteiger partial charge in [0.25, 0.3) is 5.91 Å². The van der Waals surface area contributed by atoms with Crippen molar-refractivity contribution in [1.82, 2.24) is 20.4 Å². The molecule has 3 rings (SSSR count). The summed E-state index contributed by atoms with van der Waals surface area (Å²) in [5.41, 5.74) is 1.83. The van der Waals surface area contributed by atoms with Crippen LogP contribution in [0.15, 0.2) is 29.3 Å². The van der Waals surface area contributed by atoms with Crippen LogP contribution in [0.2, 0.25) is 0 Å². The molecule has 0 aliphatic carbocycles. The van der Waals surface area contributed by atoms with Crippen molar-refractivity contribution in [2.45, 2.75) is 45.4 Å². The highest BCUT2D eigenvalue weighted by Crippen LogP contribution is 2.16. The number of nitrogens with one attached hydrogen (secondary N) is 3. The molecule has 2 aliphatic rings. The molecule has 0 saturated carbocycles. The zero-order valence-electron chi connectivity index (χ0n) is 19.1. The highest BCUT2D eigenvalue weighted by molar-refractivity contribution is 14.0. The van der Waals surface area contributed by atoms with E-state index in [1.807, 2.05) is 43.0 Å². The minimum absolute atomic E-state index is 0. The second-order valence-electron chi connectivity index (χ2n) is 8.16. The quantitative estimate of drug-likeness (QED) is 0.293. The summed E-state index contributed by atoms with van der Waals surface area (Å²) in [7, 11) is 1.77. The summed E-state index contributed by atoms with van der Waals surface area (Å²) in [5, 5.41) is 9.01. The Bertz CT molecular complexity index is 772. The number of ether oxygens (including phenoxy) is 1. The minimum atomic E-state index is -0.252. The summed E-state index contributed by atoms with van der Waals surface area (Å²) in [6.45, 7) is 8.00. The topological polar surface area (TPSA) is 98.3 Å². The SMILES string of the molecule is CN=C(NCc1ccc(NC(=O)NC(C)C)cc1)N1CCN(C(=O)C2CCCO2)CC1.I. The first-order valence-corrected chi connectivity index (χ1v) is 11.0. The van der Waals surface area contributed by atoms with Gasteiger partial charge in [-0.1, -0.05) is 12.1 Å². The van der Waals surface area contributed by atoms with Crippen LogP contribution in [0.4, 0.5) is 10.5 Å². The predicted octanol–water partition coefficient (Wildman–Crippen LogP) is 2.23. The first-order valence-electron chi connectivity index (χ1n) is 11.0. The zero-order chi connectivity index (χ0) is 22.2. The third-order valence-corrected chi connectivity index (χ3v) is 5.39. The van der Waals surface area contributed by atoms with Crippen molar-refractivity contribution < 1.29 is 14.3 Å². The molecule has 0 radical (unpaired) electrons. The fourth-order valence-corrected chi connectivity index (χ4v) is 3.76. The Morgan fingerprint density at radius 3 is 2.34 bits per heavy atom. The van der Waals surface area contributed by atoms with Crippen LogP contribution in [0.25, 0.3) is 0 Å². The van der Waals surface area contributed by atoms with E-state index >= 15 is 0 Å². The van der Waals surface area contributed by atoms with Gasteiger partial charge in [0.1, 0.15) is 6.10 Å². The molecular weight excluding hydrogens is 523 g/mol. The van der Waals surface area contributed by atoms with E-state index in [1.54, 1.807) is 7.05 Å². The van der Waals surface area contributed by atoms with Crippen molar-refractivity contribution in [3.05, 3.63) is 29.8 Å². The van der Waals surface area contributed by atoms with Gasteiger partial charge in [0.2, 0.25) is 0 Å². The van der Waals surface area contributed by atoms with Gasteiger partial charge in [0.15, 0.2) is 5.96 Å². The van der Waals surface area contributed by atoms with Gasteiger partial charge in [-0.15, -0.1) is 24.0 Å². The summed E-state index contributed by atoms with van der Waals surface area (Å²) in [4.78, 5) is 32.8. The summed E-state index contributed by atoms with van der Waals surface area (Å²) < 4.78 is 5.53. The number of nitrogens with zero attached hydrogens (tertiary/aromatic N) is 3. The van der Waals surface area contributed by atoms with E-state index in [4.69, 9.17) is 4.74 Å². The van der Waals surface area contributed by atoms with Crippen LogP contribution in [-0.4, -0.2) is 79.7 Å². The fraction of sp³-hybridized carbons (Fsp3) is 0.591. The Labute approximate surface area is 207 Å². The maximum atomic E-state index is 12.5. The van der Waals surface area contributed by atoms with E-state index in [-0.39, 0.29) is 48.1 Å². The van der Waals surface area contributed by atoms with E-state index in [1.165, 1.54) is 0 Å². The number of anilines is 1. The van der Waals surface area contributed by atoms with Crippen LogP contribution < -0.4 is 16.0 Å². The molecule has 2 heterocycles. The van der Waals surface area contributed by atoms with E-state index in [9.17, 15) is 9.59 Å². The number of guanidine groups is 1. The standard InChI is InChI=1S/C22H34N6O3.HI/c1-16(2)25-22(30)26-18-8-6-17(7-9-18)15-24-21(23-3)28-12-10-27(11-13-28)20(29)19-5-4-14-31-19;/h6-9,16,19H,4-5,10-15H2,1-3H3,(H,23,24)(H2,25,26,30);1H. The van der Waals surface area contributed by atoms with Gasteiger partial charge < -0.3 is 30.5 Å². The molecule has 2 saturated heterocycles. The Morgan fingerprint density at radius 2 is 1.78 bits per heavy atom. The summed E-state index contributed by atoms with van der Waals surface area (Å²) >= 11 is 0. The Kier molecular flexibility index (Phi) is 10.5. The second kappa shape index (κ2) is 12.8. The molecule has 10 heteroatoms. The predicted molar refractivity (Wildman–Crippen MR) is 136 cm³/mol. The minimum Gasteiger partial charge on any atom is -0.368 e. The van der Waals surface area contributed by atoms with Gasteiger partial charge in [-0.25, -0.2) is 4.79 Å². The average Bonchev–Trinajstić information content (AvgIpc) is 3.29. The highest BCUT2D eigenvalue weighted by atomic mass is 127. The second-order valence-corrected chi connectivity index (χ2v) is 8.16. The molecule has 3 amide bonds. The molecule has 1 aromatic carbocycles. The van der Waals surface area contributed by atoms with Gasteiger partial charge in [-0.3, -0.25) is 9.79 Å². The van der Waals surface area contributed by atoms with Gasteiger partial charge in [-0.2, -0.15) is 0 Å². The molecule has 2 aliphatic heterocycles. The van der Waals surface area contributed by atoms with Gasteiger partial charge in [-0.05, 0) is 44.4 Å². The number of benzene rings is 1. The number of hydrogen-bond acceptors (Lipinski definition) is 4. The molecule has 3 N–H and O–H groups in total. The Morgan fingerprint density at radius 1 is 1.12 bits per heavy atom. The lowest BCUT2D eigenvalue weighted by Crippen LogP contribution is -2.55. The maximum Gasteiger partial charge on any atom is 0.319 e. The number of urea groups is 1. The van der Waals surface area contributed by atoms with Gasteiger partial charge in [0.05, 0.1) is 0 Å². The van der Waals surface area contributed by atoms with Crippen molar-refractivity contribution in [3.63, 3.8) is 0 Å². The molecule has 0 bridgehead atoms. The molecular formula is C22H35IN6O3. The number of halogens is 1. The van der Waals surface area contributed by atoms with E-state index in [0.717, 1.165) is 43.1 Å².